The van der Waals surface area contributed by atoms with E-state index in [1.165, 1.54) is 24.3 Å². The van der Waals surface area contributed by atoms with Crippen molar-refractivity contribution in [3.05, 3.63) is 95.6 Å². The van der Waals surface area contributed by atoms with E-state index in [9.17, 15) is 18.0 Å². The fourth-order valence-corrected chi connectivity index (χ4v) is 3.47. The Morgan fingerprint density at radius 2 is 1.48 bits per heavy atom. The number of ether oxygens (including phenoxy) is 1. The molecule has 3 aromatic carbocycles. The summed E-state index contributed by atoms with van der Waals surface area (Å²) in [5.41, 5.74) is 2.12. The van der Waals surface area contributed by atoms with Gasteiger partial charge in [0.25, 0.3) is 0 Å². The number of hydrogen-bond donors (Lipinski definition) is 0. The Balaban J connectivity index is 0.00000300. The fourth-order valence-electron chi connectivity index (χ4n) is 2.81. The topological polar surface area (TPSA) is 26.3 Å². The summed E-state index contributed by atoms with van der Waals surface area (Å²) >= 11 is 0. The maximum absolute atomic E-state index is 13.1. The van der Waals surface area contributed by atoms with E-state index in [0.717, 1.165) is 11.1 Å². The van der Waals surface area contributed by atoms with Crippen LogP contribution in [-0.4, -0.2) is 30.6 Å². The first-order valence-corrected chi connectivity index (χ1v) is 9.60. The minimum absolute atomic E-state index is 0. The molecule has 3 aromatic rings. The van der Waals surface area contributed by atoms with E-state index in [4.69, 9.17) is 4.74 Å². The van der Waals surface area contributed by atoms with Crippen LogP contribution >= 0.6 is 8.58 Å². The molecule has 0 spiro atoms. The first kappa shape index (κ1) is 23.2. The average molecular weight is 410 g/mol. The zero-order valence-corrected chi connectivity index (χ0v) is 16.0. The molecule has 0 bridgehead atoms. The molecule has 29 heavy (non-hydrogen) atoms. The number of rotatable bonds is 6. The van der Waals surface area contributed by atoms with Gasteiger partial charge in [-0.2, -0.15) is 13.2 Å². The van der Waals surface area contributed by atoms with Crippen LogP contribution in [0.3, 0.4) is 0 Å². The molecule has 0 radical (unpaired) electrons. The number of carbonyl (C=O) groups is 1. The fraction of sp³-hybridized carbons (Fsp3) is 0.136. The SMILES string of the molecule is Cc1ccccc1C(Oc1ccc(PC(F)(F)F)cc1)C(=O)c1ccccc1.[LiH]. The molecule has 0 aliphatic carbocycles. The van der Waals surface area contributed by atoms with Crippen molar-refractivity contribution < 1.29 is 22.7 Å². The Hall–Kier alpha value is -2.05. The van der Waals surface area contributed by atoms with Crippen LogP contribution in [0.2, 0.25) is 0 Å². The predicted octanol–water partition coefficient (Wildman–Crippen LogP) is 5.17. The van der Waals surface area contributed by atoms with Gasteiger partial charge in [0, 0.05) is 19.7 Å². The van der Waals surface area contributed by atoms with E-state index < -0.39 is 20.6 Å². The molecule has 0 saturated heterocycles. The number of benzene rings is 3. The molecule has 2 unspecified atom stereocenters. The maximum atomic E-state index is 13.1. The molecule has 0 N–H and O–H groups in total. The van der Waals surface area contributed by atoms with Crippen LogP contribution < -0.4 is 10.0 Å². The third-order valence-electron chi connectivity index (χ3n) is 4.16. The molecule has 0 heterocycles. The minimum atomic E-state index is -4.24. The van der Waals surface area contributed by atoms with Gasteiger partial charge in [0.2, 0.25) is 5.78 Å². The molecule has 0 aliphatic rings. The van der Waals surface area contributed by atoms with Crippen molar-refractivity contribution in [1.82, 2.24) is 0 Å². The van der Waals surface area contributed by atoms with Gasteiger partial charge in [0.1, 0.15) is 5.75 Å². The molecule has 146 valence electrons. The van der Waals surface area contributed by atoms with Crippen molar-refractivity contribution in [3.8, 4) is 5.75 Å². The Kier molecular flexibility index (Phi) is 8.11. The first-order valence-electron chi connectivity index (χ1n) is 8.60. The van der Waals surface area contributed by atoms with E-state index in [-0.39, 0.29) is 29.9 Å². The Morgan fingerprint density at radius 1 is 0.897 bits per heavy atom. The Bertz CT molecular complexity index is 944. The molecule has 0 aromatic heterocycles. The van der Waals surface area contributed by atoms with Gasteiger partial charge < -0.3 is 4.74 Å². The number of alkyl halides is 3. The number of aryl methyl sites for hydroxylation is 1. The van der Waals surface area contributed by atoms with Crippen LogP contribution in [0.1, 0.15) is 27.6 Å². The summed E-state index contributed by atoms with van der Waals surface area (Å²) in [5, 5.41) is 0.168. The van der Waals surface area contributed by atoms with Crippen molar-refractivity contribution in [1.29, 1.82) is 0 Å². The van der Waals surface area contributed by atoms with Gasteiger partial charge in [0.05, 0.1) is 0 Å². The standard InChI is InChI=1S/C22H18F3O2P.Li.H/c1-15-7-5-6-10-19(15)21(20(26)16-8-3-2-4-9-16)27-17-11-13-18(14-12-17)28-22(23,24)25;;/h2-14,21,28H,1H3;;. The zero-order chi connectivity index (χ0) is 20.1. The normalized spacial score (nSPS) is 12.4. The number of carbonyl (C=O) groups excluding carboxylic acids is 1. The van der Waals surface area contributed by atoms with Crippen molar-refractivity contribution in [3.63, 3.8) is 0 Å². The number of hydrogen-bond acceptors (Lipinski definition) is 2. The Labute approximate surface area is 181 Å². The summed E-state index contributed by atoms with van der Waals surface area (Å²) in [7, 11) is -1.27. The third kappa shape index (κ3) is 6.47. The second kappa shape index (κ2) is 10.1. The zero-order valence-electron chi connectivity index (χ0n) is 15.0. The number of ketones is 1. The molecule has 0 fully saturated rings. The van der Waals surface area contributed by atoms with Gasteiger partial charge in [-0.1, -0.05) is 66.7 Å². The van der Waals surface area contributed by atoms with Crippen molar-refractivity contribution in [2.24, 2.45) is 0 Å². The van der Waals surface area contributed by atoms with Crippen LogP contribution in [0.4, 0.5) is 13.2 Å². The van der Waals surface area contributed by atoms with Crippen LogP contribution in [-0.2, 0) is 0 Å². The average Bonchev–Trinajstić information content (AvgIpc) is 2.67. The van der Waals surface area contributed by atoms with Gasteiger partial charge in [-0.05, 0) is 29.9 Å². The molecule has 2 nitrogen and oxygen atoms in total. The monoisotopic (exact) mass is 410 g/mol. The molecular weight excluding hydrogens is 391 g/mol. The number of halogens is 3. The molecule has 0 amide bonds. The summed E-state index contributed by atoms with van der Waals surface area (Å²) in [6.45, 7) is 1.89. The molecule has 0 aliphatic heterocycles. The molecule has 0 saturated carbocycles. The van der Waals surface area contributed by atoms with Gasteiger partial charge in [-0.25, -0.2) is 0 Å². The molecular formula is C22H19F3LiO2P. The van der Waals surface area contributed by atoms with E-state index in [1.54, 1.807) is 24.3 Å². The molecule has 7 heteroatoms. The quantitative estimate of drug-likeness (QED) is 0.318. The summed E-state index contributed by atoms with van der Waals surface area (Å²) in [6, 6.07) is 21.9. The second-order valence-corrected chi connectivity index (χ2v) is 7.63. The van der Waals surface area contributed by atoms with Crippen molar-refractivity contribution in [2.75, 3.05) is 0 Å². The van der Waals surface area contributed by atoms with Crippen LogP contribution in [0.25, 0.3) is 0 Å². The predicted molar refractivity (Wildman–Crippen MR) is 113 cm³/mol. The van der Waals surface area contributed by atoms with Gasteiger partial charge >= 0.3 is 24.8 Å². The van der Waals surface area contributed by atoms with Crippen LogP contribution in [0.15, 0.2) is 78.9 Å². The van der Waals surface area contributed by atoms with E-state index in [2.05, 4.69) is 0 Å². The first-order chi connectivity index (χ1) is 13.3. The van der Waals surface area contributed by atoms with Crippen LogP contribution in [0.5, 0.6) is 5.75 Å². The van der Waals surface area contributed by atoms with Gasteiger partial charge in [-0.15, -0.1) is 0 Å². The summed E-state index contributed by atoms with van der Waals surface area (Å²) in [5.74, 6) is -4.11. The van der Waals surface area contributed by atoms with Gasteiger partial charge in [0.15, 0.2) is 6.10 Å². The van der Waals surface area contributed by atoms with E-state index in [0.29, 0.717) is 11.3 Å². The summed E-state index contributed by atoms with van der Waals surface area (Å²) in [4.78, 5) is 13.1. The third-order valence-corrected chi connectivity index (χ3v) is 5.07. The van der Waals surface area contributed by atoms with Gasteiger partial charge in [-0.3, -0.25) is 4.79 Å². The number of Topliss-reactive ketones (excluding diaryl/α,β-unsaturated/α-hetero) is 1. The Morgan fingerprint density at radius 3 is 2.07 bits per heavy atom. The molecule has 3 rings (SSSR count). The summed E-state index contributed by atoms with van der Waals surface area (Å²) < 4.78 is 43.6. The van der Waals surface area contributed by atoms with Crippen molar-refractivity contribution in [2.45, 2.75) is 18.9 Å². The second-order valence-electron chi connectivity index (χ2n) is 6.23. The van der Waals surface area contributed by atoms with E-state index >= 15 is 0 Å². The molecule has 2 atom stereocenters. The van der Waals surface area contributed by atoms with E-state index in [1.807, 2.05) is 37.3 Å². The van der Waals surface area contributed by atoms with Crippen LogP contribution in [0, 0.1) is 6.92 Å². The summed E-state index contributed by atoms with van der Waals surface area (Å²) in [6.07, 6.45) is -0.889. The van der Waals surface area contributed by atoms with Crippen molar-refractivity contribution >= 4 is 38.5 Å².